The zero-order chi connectivity index (χ0) is 13.0. The third-order valence-electron chi connectivity index (χ3n) is 2.93. The van der Waals surface area contributed by atoms with Crippen molar-refractivity contribution in [1.82, 2.24) is 9.78 Å². The lowest BCUT2D eigenvalue weighted by Gasteiger charge is -2.10. The third kappa shape index (κ3) is 2.96. The minimum atomic E-state index is -0.215. The Morgan fingerprint density at radius 1 is 1.39 bits per heavy atom. The van der Waals surface area contributed by atoms with E-state index in [1.165, 1.54) is 6.07 Å². The molecule has 0 radical (unpaired) electrons. The van der Waals surface area contributed by atoms with E-state index < -0.39 is 0 Å². The van der Waals surface area contributed by atoms with Gasteiger partial charge in [0.25, 0.3) is 0 Å². The summed E-state index contributed by atoms with van der Waals surface area (Å²) < 4.78 is 15.4. The summed E-state index contributed by atoms with van der Waals surface area (Å²) in [5, 5.41) is 4.23. The number of halogens is 1. The van der Waals surface area contributed by atoms with E-state index in [1.54, 1.807) is 18.3 Å². The fourth-order valence-corrected chi connectivity index (χ4v) is 1.94. The highest BCUT2D eigenvalue weighted by atomic mass is 19.1. The molecule has 2 rings (SSSR count). The lowest BCUT2D eigenvalue weighted by molar-refractivity contribution is 0.590. The molecule has 0 aliphatic carbocycles. The van der Waals surface area contributed by atoms with Crippen molar-refractivity contribution in [2.75, 3.05) is 0 Å². The molecule has 3 nitrogen and oxygen atoms in total. The molecular formula is C14H18FN3. The predicted octanol–water partition coefficient (Wildman–Crippen LogP) is 2.67. The molecule has 0 saturated heterocycles. The molecule has 0 aliphatic rings. The van der Waals surface area contributed by atoms with Gasteiger partial charge in [0, 0.05) is 24.3 Å². The van der Waals surface area contributed by atoms with Crippen LogP contribution in [0.15, 0.2) is 36.7 Å². The zero-order valence-electron chi connectivity index (χ0n) is 10.5. The van der Waals surface area contributed by atoms with Gasteiger partial charge in [0.15, 0.2) is 0 Å². The summed E-state index contributed by atoms with van der Waals surface area (Å²) in [5.74, 6) is -0.200. The molecule has 2 N–H and O–H groups in total. The van der Waals surface area contributed by atoms with Crippen molar-refractivity contribution >= 4 is 0 Å². The number of benzene rings is 1. The molecule has 0 amide bonds. The molecule has 0 saturated carbocycles. The van der Waals surface area contributed by atoms with Gasteiger partial charge in [0.2, 0.25) is 0 Å². The van der Waals surface area contributed by atoms with Crippen molar-refractivity contribution in [3.8, 4) is 0 Å². The summed E-state index contributed by atoms with van der Waals surface area (Å²) in [6.45, 7) is 2.98. The molecule has 0 spiro atoms. The summed E-state index contributed by atoms with van der Waals surface area (Å²) in [6.07, 6.45) is 5.23. The van der Waals surface area contributed by atoms with E-state index in [2.05, 4.69) is 12.0 Å². The first-order valence-corrected chi connectivity index (χ1v) is 6.22. The number of nitrogens with two attached hydrogens (primary N) is 1. The van der Waals surface area contributed by atoms with E-state index in [9.17, 15) is 4.39 Å². The average molecular weight is 247 g/mol. The van der Waals surface area contributed by atoms with Crippen LogP contribution in [0, 0.1) is 5.82 Å². The summed E-state index contributed by atoms with van der Waals surface area (Å²) in [7, 11) is 0. The second kappa shape index (κ2) is 5.78. The number of nitrogens with zero attached hydrogens (tertiary/aromatic N) is 2. The van der Waals surface area contributed by atoms with Gasteiger partial charge in [-0.05, 0) is 24.5 Å². The molecular weight excluding hydrogens is 229 g/mol. The minimum Gasteiger partial charge on any atom is -0.324 e. The highest BCUT2D eigenvalue weighted by Gasteiger charge is 2.11. The van der Waals surface area contributed by atoms with Gasteiger partial charge in [0.1, 0.15) is 5.82 Å². The van der Waals surface area contributed by atoms with E-state index in [-0.39, 0.29) is 11.9 Å². The monoisotopic (exact) mass is 247 g/mol. The van der Waals surface area contributed by atoms with Crippen LogP contribution in [-0.4, -0.2) is 9.78 Å². The minimum absolute atomic E-state index is 0.200. The standard InChI is InChI=1S/C14H18FN3/c1-2-7-18-10-12(9-17-18)14(16)8-11-5-3-4-6-13(11)15/h3-6,9-10,14H,2,7-8,16H2,1H3. The Kier molecular flexibility index (Phi) is 4.10. The molecule has 96 valence electrons. The van der Waals surface area contributed by atoms with Crippen molar-refractivity contribution in [2.45, 2.75) is 32.4 Å². The molecule has 1 unspecified atom stereocenters. The Labute approximate surface area is 106 Å². The molecule has 2 aromatic rings. The fourth-order valence-electron chi connectivity index (χ4n) is 1.94. The van der Waals surface area contributed by atoms with Gasteiger partial charge in [-0.25, -0.2) is 4.39 Å². The number of hydrogen-bond donors (Lipinski definition) is 1. The first kappa shape index (κ1) is 12.8. The van der Waals surface area contributed by atoms with Crippen molar-refractivity contribution in [1.29, 1.82) is 0 Å². The molecule has 0 bridgehead atoms. The van der Waals surface area contributed by atoms with Crippen LogP contribution in [0.1, 0.15) is 30.5 Å². The molecule has 4 heteroatoms. The van der Waals surface area contributed by atoms with E-state index >= 15 is 0 Å². The van der Waals surface area contributed by atoms with Crippen LogP contribution < -0.4 is 5.73 Å². The Morgan fingerprint density at radius 3 is 2.89 bits per heavy atom. The van der Waals surface area contributed by atoms with Crippen LogP contribution in [0.3, 0.4) is 0 Å². The Balaban J connectivity index is 2.07. The number of rotatable bonds is 5. The maximum absolute atomic E-state index is 13.5. The van der Waals surface area contributed by atoms with E-state index in [1.807, 2.05) is 16.9 Å². The molecule has 18 heavy (non-hydrogen) atoms. The second-order valence-corrected chi connectivity index (χ2v) is 4.44. The average Bonchev–Trinajstić information content (AvgIpc) is 2.81. The van der Waals surface area contributed by atoms with Gasteiger partial charge < -0.3 is 5.73 Å². The Bertz CT molecular complexity index is 507. The summed E-state index contributed by atoms with van der Waals surface area (Å²) in [4.78, 5) is 0. The SMILES string of the molecule is CCCn1cc(C(N)Cc2ccccc2F)cn1. The van der Waals surface area contributed by atoms with E-state index in [0.29, 0.717) is 12.0 Å². The van der Waals surface area contributed by atoms with E-state index in [0.717, 1.165) is 18.5 Å². The maximum Gasteiger partial charge on any atom is 0.126 e. The lowest BCUT2D eigenvalue weighted by atomic mass is 10.0. The lowest BCUT2D eigenvalue weighted by Crippen LogP contribution is -2.13. The van der Waals surface area contributed by atoms with Crippen LogP contribution in [-0.2, 0) is 13.0 Å². The zero-order valence-corrected chi connectivity index (χ0v) is 10.5. The summed E-state index contributed by atoms with van der Waals surface area (Å²) >= 11 is 0. The molecule has 1 aromatic carbocycles. The van der Waals surface area contributed by atoms with Gasteiger partial charge in [0.05, 0.1) is 6.20 Å². The van der Waals surface area contributed by atoms with Gasteiger partial charge in [-0.15, -0.1) is 0 Å². The largest absolute Gasteiger partial charge is 0.324 e. The number of hydrogen-bond acceptors (Lipinski definition) is 2. The third-order valence-corrected chi connectivity index (χ3v) is 2.93. The summed E-state index contributed by atoms with van der Waals surface area (Å²) in [6, 6.07) is 6.52. The molecule has 0 aliphatic heterocycles. The highest BCUT2D eigenvalue weighted by molar-refractivity contribution is 5.21. The Hall–Kier alpha value is -1.68. The number of aryl methyl sites for hydroxylation is 1. The number of aromatic nitrogens is 2. The maximum atomic E-state index is 13.5. The van der Waals surface area contributed by atoms with Crippen molar-refractivity contribution in [3.63, 3.8) is 0 Å². The topological polar surface area (TPSA) is 43.8 Å². The second-order valence-electron chi connectivity index (χ2n) is 4.44. The van der Waals surface area contributed by atoms with Crippen LogP contribution in [0.2, 0.25) is 0 Å². The highest BCUT2D eigenvalue weighted by Crippen LogP contribution is 2.17. The van der Waals surface area contributed by atoms with Gasteiger partial charge >= 0.3 is 0 Å². The van der Waals surface area contributed by atoms with Crippen LogP contribution in [0.5, 0.6) is 0 Å². The Morgan fingerprint density at radius 2 is 2.17 bits per heavy atom. The normalized spacial score (nSPS) is 12.6. The van der Waals surface area contributed by atoms with Gasteiger partial charge in [-0.3, -0.25) is 4.68 Å². The van der Waals surface area contributed by atoms with Crippen molar-refractivity contribution < 1.29 is 4.39 Å². The van der Waals surface area contributed by atoms with E-state index in [4.69, 9.17) is 5.73 Å². The molecule has 1 atom stereocenters. The van der Waals surface area contributed by atoms with Crippen molar-refractivity contribution in [2.24, 2.45) is 5.73 Å². The first-order chi connectivity index (χ1) is 8.70. The van der Waals surface area contributed by atoms with Crippen LogP contribution >= 0.6 is 0 Å². The smallest absolute Gasteiger partial charge is 0.126 e. The van der Waals surface area contributed by atoms with Crippen LogP contribution in [0.4, 0.5) is 4.39 Å². The van der Waals surface area contributed by atoms with Crippen LogP contribution in [0.25, 0.3) is 0 Å². The first-order valence-electron chi connectivity index (χ1n) is 6.22. The molecule has 1 aromatic heterocycles. The fraction of sp³-hybridized carbons (Fsp3) is 0.357. The predicted molar refractivity (Wildman–Crippen MR) is 69.6 cm³/mol. The van der Waals surface area contributed by atoms with Crippen molar-refractivity contribution in [3.05, 3.63) is 53.6 Å². The molecule has 1 heterocycles. The quantitative estimate of drug-likeness (QED) is 0.882. The molecule has 0 fully saturated rings. The summed E-state index contributed by atoms with van der Waals surface area (Å²) in [5.41, 5.74) is 7.68. The van der Waals surface area contributed by atoms with Gasteiger partial charge in [-0.1, -0.05) is 25.1 Å². The van der Waals surface area contributed by atoms with Gasteiger partial charge in [-0.2, -0.15) is 5.10 Å².